The quantitative estimate of drug-likeness (QED) is 0.821. The number of carbonyl (C=O) groups excluding carboxylic acids is 2. The number of methoxy groups -OCH3 is 1. The second-order valence-electron chi connectivity index (χ2n) is 6.07. The van der Waals surface area contributed by atoms with Gasteiger partial charge in [0.1, 0.15) is 5.75 Å². The van der Waals surface area contributed by atoms with Crippen molar-refractivity contribution in [1.82, 2.24) is 10.2 Å². The van der Waals surface area contributed by atoms with Crippen LogP contribution in [0.15, 0.2) is 24.3 Å². The molecule has 2 rings (SSSR count). The molecule has 1 aliphatic rings. The number of hydrogen-bond donors (Lipinski definition) is 1. The molecule has 6 nitrogen and oxygen atoms in total. The summed E-state index contributed by atoms with van der Waals surface area (Å²) in [6.45, 7) is 3.78. The Morgan fingerprint density at radius 1 is 1.21 bits per heavy atom. The van der Waals surface area contributed by atoms with Crippen LogP contribution in [0.3, 0.4) is 0 Å². The van der Waals surface area contributed by atoms with Gasteiger partial charge >= 0.3 is 0 Å². The molecule has 0 unspecified atom stereocenters. The molecule has 0 spiro atoms. The molecule has 0 saturated carbocycles. The summed E-state index contributed by atoms with van der Waals surface area (Å²) in [5.41, 5.74) is 1.16. The number of nitrogens with one attached hydrogen (secondary N) is 1. The number of hydrogen-bond acceptors (Lipinski definition) is 4. The number of aryl methyl sites for hydroxylation is 1. The van der Waals surface area contributed by atoms with Crippen LogP contribution in [0.2, 0.25) is 0 Å². The molecular weight excluding hydrogens is 308 g/mol. The summed E-state index contributed by atoms with van der Waals surface area (Å²) in [6, 6.07) is 7.78. The Morgan fingerprint density at radius 2 is 1.88 bits per heavy atom. The van der Waals surface area contributed by atoms with E-state index in [9.17, 15) is 9.59 Å². The van der Waals surface area contributed by atoms with Crippen LogP contribution in [0, 0.1) is 6.92 Å². The molecule has 2 amide bonds. The zero-order valence-electron chi connectivity index (χ0n) is 14.4. The molecule has 6 heteroatoms. The number of piperidine rings is 1. The first-order valence-electron chi connectivity index (χ1n) is 8.34. The van der Waals surface area contributed by atoms with Gasteiger partial charge in [0.25, 0.3) is 5.91 Å². The number of nitrogens with zero attached hydrogens (tertiary/aromatic N) is 1. The van der Waals surface area contributed by atoms with Gasteiger partial charge in [-0.15, -0.1) is 0 Å². The summed E-state index contributed by atoms with van der Waals surface area (Å²) in [6.07, 6.45) is 1.92. The lowest BCUT2D eigenvalue weighted by atomic mass is 10.0. The van der Waals surface area contributed by atoms with Gasteiger partial charge < -0.3 is 19.7 Å². The highest BCUT2D eigenvalue weighted by Gasteiger charge is 2.23. The van der Waals surface area contributed by atoms with Crippen molar-refractivity contribution in [3.63, 3.8) is 0 Å². The predicted octanol–water partition coefficient (Wildman–Crippen LogP) is 1.52. The summed E-state index contributed by atoms with van der Waals surface area (Å²) in [5.74, 6) is 0.693. The van der Waals surface area contributed by atoms with Crippen LogP contribution in [-0.2, 0) is 14.3 Å². The second-order valence-corrected chi connectivity index (χ2v) is 6.07. The normalized spacial score (nSPS) is 15.2. The Bertz CT molecular complexity index is 536. The Labute approximate surface area is 143 Å². The highest BCUT2D eigenvalue weighted by atomic mass is 16.5. The lowest BCUT2D eigenvalue weighted by Gasteiger charge is -2.32. The fraction of sp³-hybridized carbons (Fsp3) is 0.556. The second kappa shape index (κ2) is 9.27. The van der Waals surface area contributed by atoms with E-state index < -0.39 is 0 Å². The van der Waals surface area contributed by atoms with Crippen molar-refractivity contribution < 1.29 is 19.1 Å². The number of benzene rings is 1. The van der Waals surface area contributed by atoms with Crippen molar-refractivity contribution in [3.8, 4) is 5.75 Å². The molecule has 0 atom stereocenters. The topological polar surface area (TPSA) is 67.9 Å². The molecule has 1 aromatic rings. The maximum absolute atomic E-state index is 12.2. The smallest absolute Gasteiger partial charge is 0.260 e. The third-order valence-corrected chi connectivity index (χ3v) is 4.13. The molecule has 1 heterocycles. The van der Waals surface area contributed by atoms with E-state index in [-0.39, 0.29) is 24.5 Å². The molecule has 1 saturated heterocycles. The van der Waals surface area contributed by atoms with E-state index in [2.05, 4.69) is 5.32 Å². The van der Waals surface area contributed by atoms with Crippen molar-refractivity contribution in [1.29, 1.82) is 0 Å². The molecule has 0 aromatic heterocycles. The maximum atomic E-state index is 12.2. The van der Waals surface area contributed by atoms with Crippen molar-refractivity contribution in [2.45, 2.75) is 32.2 Å². The van der Waals surface area contributed by atoms with Crippen LogP contribution >= 0.6 is 0 Å². The largest absolute Gasteiger partial charge is 0.484 e. The zero-order chi connectivity index (χ0) is 17.4. The fourth-order valence-corrected chi connectivity index (χ4v) is 2.64. The summed E-state index contributed by atoms with van der Waals surface area (Å²) >= 11 is 0. The summed E-state index contributed by atoms with van der Waals surface area (Å²) in [7, 11) is 1.58. The minimum atomic E-state index is -0.0141. The molecule has 0 radical (unpaired) electrons. The van der Waals surface area contributed by atoms with E-state index in [1.165, 1.54) is 0 Å². The van der Waals surface area contributed by atoms with E-state index in [4.69, 9.17) is 9.47 Å². The summed E-state index contributed by atoms with van der Waals surface area (Å²) < 4.78 is 10.4. The van der Waals surface area contributed by atoms with Crippen LogP contribution in [-0.4, -0.2) is 56.2 Å². The first-order valence-corrected chi connectivity index (χ1v) is 8.34. The minimum Gasteiger partial charge on any atom is -0.484 e. The van der Waals surface area contributed by atoms with E-state index in [1.807, 2.05) is 31.2 Å². The van der Waals surface area contributed by atoms with Gasteiger partial charge in [-0.05, 0) is 31.9 Å². The van der Waals surface area contributed by atoms with Crippen molar-refractivity contribution in [2.24, 2.45) is 0 Å². The number of amides is 2. The van der Waals surface area contributed by atoms with Gasteiger partial charge in [0.2, 0.25) is 5.91 Å². The average Bonchev–Trinajstić information content (AvgIpc) is 2.60. The third-order valence-electron chi connectivity index (χ3n) is 4.13. The molecule has 132 valence electrons. The van der Waals surface area contributed by atoms with Crippen molar-refractivity contribution in [3.05, 3.63) is 29.8 Å². The van der Waals surface area contributed by atoms with Gasteiger partial charge in [-0.25, -0.2) is 0 Å². The third kappa shape index (κ3) is 5.85. The lowest BCUT2D eigenvalue weighted by Crippen LogP contribution is -2.47. The van der Waals surface area contributed by atoms with Gasteiger partial charge in [0, 0.05) is 32.7 Å². The Hall–Kier alpha value is -2.08. The van der Waals surface area contributed by atoms with E-state index in [1.54, 1.807) is 12.0 Å². The minimum absolute atomic E-state index is 0.00401. The molecule has 1 N–H and O–H groups in total. The molecule has 0 aliphatic carbocycles. The first kappa shape index (κ1) is 18.3. The molecule has 0 bridgehead atoms. The van der Waals surface area contributed by atoms with Crippen LogP contribution in [0.4, 0.5) is 0 Å². The summed E-state index contributed by atoms with van der Waals surface area (Å²) in [4.78, 5) is 25.7. The van der Waals surface area contributed by atoms with E-state index >= 15 is 0 Å². The molecule has 1 fully saturated rings. The predicted molar refractivity (Wildman–Crippen MR) is 90.9 cm³/mol. The van der Waals surface area contributed by atoms with Crippen LogP contribution in [0.25, 0.3) is 0 Å². The van der Waals surface area contributed by atoms with Gasteiger partial charge in [-0.1, -0.05) is 17.7 Å². The zero-order valence-corrected chi connectivity index (χ0v) is 14.4. The van der Waals surface area contributed by atoms with Crippen LogP contribution in [0.5, 0.6) is 5.75 Å². The monoisotopic (exact) mass is 334 g/mol. The average molecular weight is 334 g/mol. The highest BCUT2D eigenvalue weighted by molar-refractivity contribution is 5.78. The molecular formula is C18H26N2O4. The fourth-order valence-electron chi connectivity index (χ4n) is 2.64. The molecule has 1 aromatic carbocycles. The molecule has 24 heavy (non-hydrogen) atoms. The first-order chi connectivity index (χ1) is 11.6. The van der Waals surface area contributed by atoms with Gasteiger partial charge in [0.15, 0.2) is 6.61 Å². The lowest BCUT2D eigenvalue weighted by molar-refractivity contribution is -0.134. The molecule has 1 aliphatic heterocycles. The van der Waals surface area contributed by atoms with E-state index in [0.29, 0.717) is 31.9 Å². The standard InChI is InChI=1S/C18H26N2O4/c1-14-3-5-16(6-4-14)24-13-18(22)20-10-7-15(8-11-20)19-17(21)9-12-23-2/h3-6,15H,7-13H2,1-2H3,(H,19,21). The Morgan fingerprint density at radius 3 is 2.50 bits per heavy atom. The SMILES string of the molecule is COCCC(=O)NC1CCN(C(=O)COc2ccc(C)cc2)CC1. The Balaban J connectivity index is 1.68. The number of ether oxygens (including phenoxy) is 2. The number of likely N-dealkylation sites (tertiary alicyclic amines) is 1. The number of carbonyl (C=O) groups is 2. The van der Waals surface area contributed by atoms with Gasteiger partial charge in [-0.3, -0.25) is 9.59 Å². The van der Waals surface area contributed by atoms with Crippen LogP contribution in [0.1, 0.15) is 24.8 Å². The van der Waals surface area contributed by atoms with Gasteiger partial charge in [-0.2, -0.15) is 0 Å². The van der Waals surface area contributed by atoms with E-state index in [0.717, 1.165) is 18.4 Å². The number of rotatable bonds is 7. The Kier molecular flexibility index (Phi) is 7.06. The van der Waals surface area contributed by atoms with Crippen LogP contribution < -0.4 is 10.1 Å². The summed E-state index contributed by atoms with van der Waals surface area (Å²) in [5, 5.41) is 2.99. The van der Waals surface area contributed by atoms with Crippen molar-refractivity contribution in [2.75, 3.05) is 33.4 Å². The highest BCUT2D eigenvalue weighted by Crippen LogP contribution is 2.13. The van der Waals surface area contributed by atoms with Gasteiger partial charge in [0.05, 0.1) is 6.61 Å². The van der Waals surface area contributed by atoms with Crippen molar-refractivity contribution >= 4 is 11.8 Å². The maximum Gasteiger partial charge on any atom is 0.260 e.